The second-order valence-corrected chi connectivity index (χ2v) is 3.23. The van der Waals surface area contributed by atoms with Crippen LogP contribution in [-0.4, -0.2) is 17.1 Å². The van der Waals surface area contributed by atoms with E-state index in [1.54, 1.807) is 19.1 Å². The molecule has 3 nitrogen and oxygen atoms in total. The van der Waals surface area contributed by atoms with Crippen LogP contribution in [0.25, 0.3) is 0 Å². The zero-order valence-electron chi connectivity index (χ0n) is 8.24. The van der Waals surface area contributed by atoms with Crippen molar-refractivity contribution in [2.45, 2.75) is 19.4 Å². The number of carboxylic acids is 1. The number of rotatable bonds is 3. The Labute approximate surface area is 93.5 Å². The number of hydrogen-bond acceptors (Lipinski definition) is 2. The Morgan fingerprint density at radius 2 is 2.20 bits per heavy atom. The quantitative estimate of drug-likeness (QED) is 0.832. The van der Waals surface area contributed by atoms with Crippen LogP contribution >= 0.6 is 12.4 Å². The molecule has 0 amide bonds. The lowest BCUT2D eigenvalue weighted by Crippen LogP contribution is -2.32. The van der Waals surface area contributed by atoms with E-state index >= 15 is 0 Å². The molecule has 1 aromatic carbocycles. The molecular weight excluding hydrogens is 221 g/mol. The topological polar surface area (TPSA) is 63.3 Å². The van der Waals surface area contributed by atoms with Gasteiger partial charge in [-0.1, -0.05) is 12.1 Å². The van der Waals surface area contributed by atoms with Crippen molar-refractivity contribution in [1.82, 2.24) is 0 Å². The summed E-state index contributed by atoms with van der Waals surface area (Å²) in [4.78, 5) is 10.4. The molecule has 3 N–H and O–H groups in total. The van der Waals surface area contributed by atoms with Crippen LogP contribution in [0.4, 0.5) is 4.39 Å². The zero-order chi connectivity index (χ0) is 10.7. The lowest BCUT2D eigenvalue weighted by molar-refractivity contribution is -0.138. The number of carbonyl (C=O) groups is 1. The minimum Gasteiger partial charge on any atom is -0.480 e. The highest BCUT2D eigenvalue weighted by Crippen LogP contribution is 2.10. The van der Waals surface area contributed by atoms with E-state index in [1.807, 2.05) is 0 Å². The second kappa shape index (κ2) is 5.68. The first kappa shape index (κ1) is 13.9. The normalized spacial score (nSPS) is 11.7. The molecule has 84 valence electrons. The van der Waals surface area contributed by atoms with Gasteiger partial charge in [0.05, 0.1) is 0 Å². The number of benzene rings is 1. The second-order valence-electron chi connectivity index (χ2n) is 3.23. The van der Waals surface area contributed by atoms with Gasteiger partial charge in [-0.3, -0.25) is 4.79 Å². The number of aliphatic carboxylic acids is 1. The standard InChI is InChI=1S/C10H12FNO2.ClH/c1-6-2-3-7(4-8(6)11)5-9(12)10(13)14;/h2-4,9H,5,12H2,1H3,(H,13,14);1H/t9-;/m1./s1. The Balaban J connectivity index is 0.00000196. The number of halogens is 2. The average molecular weight is 234 g/mol. The molecule has 0 bridgehead atoms. The highest BCUT2D eigenvalue weighted by Gasteiger charge is 2.12. The van der Waals surface area contributed by atoms with Gasteiger partial charge in [0, 0.05) is 0 Å². The molecule has 15 heavy (non-hydrogen) atoms. The summed E-state index contributed by atoms with van der Waals surface area (Å²) in [6.45, 7) is 1.65. The van der Waals surface area contributed by atoms with Gasteiger partial charge in [-0.15, -0.1) is 12.4 Å². The van der Waals surface area contributed by atoms with Crippen molar-refractivity contribution in [2.75, 3.05) is 0 Å². The van der Waals surface area contributed by atoms with Gasteiger partial charge in [0.1, 0.15) is 11.9 Å². The molecule has 0 spiro atoms. The molecule has 1 atom stereocenters. The summed E-state index contributed by atoms with van der Waals surface area (Å²) in [7, 11) is 0. The molecule has 0 fully saturated rings. The van der Waals surface area contributed by atoms with E-state index in [4.69, 9.17) is 10.8 Å². The smallest absolute Gasteiger partial charge is 0.320 e. The van der Waals surface area contributed by atoms with Gasteiger partial charge in [-0.2, -0.15) is 0 Å². The molecule has 1 aromatic rings. The maximum atomic E-state index is 13.0. The third-order valence-electron chi connectivity index (χ3n) is 2.01. The molecule has 0 aromatic heterocycles. The van der Waals surface area contributed by atoms with Crippen LogP contribution in [-0.2, 0) is 11.2 Å². The molecule has 0 unspecified atom stereocenters. The Hall–Kier alpha value is -1.13. The maximum absolute atomic E-state index is 13.0. The molecule has 0 saturated heterocycles. The maximum Gasteiger partial charge on any atom is 0.320 e. The first-order chi connectivity index (χ1) is 6.50. The van der Waals surface area contributed by atoms with Crippen LogP contribution in [0.15, 0.2) is 18.2 Å². The van der Waals surface area contributed by atoms with Crippen LogP contribution in [0.2, 0.25) is 0 Å². The van der Waals surface area contributed by atoms with Crippen LogP contribution in [0.5, 0.6) is 0 Å². The van der Waals surface area contributed by atoms with Gasteiger partial charge < -0.3 is 10.8 Å². The fourth-order valence-corrected chi connectivity index (χ4v) is 1.10. The van der Waals surface area contributed by atoms with Crippen LogP contribution in [0.1, 0.15) is 11.1 Å². The lowest BCUT2D eigenvalue weighted by Gasteiger charge is -2.06. The van der Waals surface area contributed by atoms with Crippen molar-refractivity contribution < 1.29 is 14.3 Å². The van der Waals surface area contributed by atoms with Gasteiger partial charge in [0.15, 0.2) is 0 Å². The van der Waals surface area contributed by atoms with Crippen molar-refractivity contribution >= 4 is 18.4 Å². The number of carboxylic acid groups (broad SMARTS) is 1. The van der Waals surface area contributed by atoms with E-state index in [2.05, 4.69) is 0 Å². The van der Waals surface area contributed by atoms with Gasteiger partial charge >= 0.3 is 5.97 Å². The van der Waals surface area contributed by atoms with E-state index in [0.29, 0.717) is 11.1 Å². The summed E-state index contributed by atoms with van der Waals surface area (Å²) in [5, 5.41) is 8.55. The third-order valence-corrected chi connectivity index (χ3v) is 2.01. The number of aryl methyl sites for hydroxylation is 1. The molecule has 0 heterocycles. The van der Waals surface area contributed by atoms with E-state index in [9.17, 15) is 9.18 Å². The third kappa shape index (κ3) is 3.85. The minimum atomic E-state index is -1.08. The molecule has 0 aliphatic carbocycles. The van der Waals surface area contributed by atoms with Crippen molar-refractivity contribution in [3.63, 3.8) is 0 Å². The summed E-state index contributed by atoms with van der Waals surface area (Å²) in [6.07, 6.45) is 0.145. The Morgan fingerprint density at radius 1 is 1.60 bits per heavy atom. The highest BCUT2D eigenvalue weighted by atomic mass is 35.5. The average Bonchev–Trinajstić information content (AvgIpc) is 2.11. The fourth-order valence-electron chi connectivity index (χ4n) is 1.10. The molecule has 0 aliphatic rings. The van der Waals surface area contributed by atoms with Gasteiger partial charge in [0.25, 0.3) is 0 Å². The van der Waals surface area contributed by atoms with E-state index < -0.39 is 12.0 Å². The fraction of sp³-hybridized carbons (Fsp3) is 0.300. The van der Waals surface area contributed by atoms with Crippen molar-refractivity contribution in [1.29, 1.82) is 0 Å². The van der Waals surface area contributed by atoms with Crippen LogP contribution in [0, 0.1) is 12.7 Å². The van der Waals surface area contributed by atoms with Crippen LogP contribution in [0.3, 0.4) is 0 Å². The predicted molar refractivity (Wildman–Crippen MR) is 57.7 cm³/mol. The summed E-state index contributed by atoms with van der Waals surface area (Å²) in [5.41, 5.74) is 6.45. The molecule has 1 rings (SSSR count). The van der Waals surface area contributed by atoms with Crippen molar-refractivity contribution in [2.24, 2.45) is 5.73 Å². The minimum absolute atomic E-state index is 0. The Kier molecular flexibility index (Phi) is 5.25. The summed E-state index contributed by atoms with van der Waals surface area (Å²) < 4.78 is 13.0. The Bertz CT molecular complexity index is 357. The first-order valence-corrected chi connectivity index (χ1v) is 4.24. The van der Waals surface area contributed by atoms with Gasteiger partial charge in [-0.25, -0.2) is 4.39 Å². The molecule has 5 heteroatoms. The first-order valence-electron chi connectivity index (χ1n) is 4.24. The Morgan fingerprint density at radius 3 is 2.67 bits per heavy atom. The predicted octanol–water partition coefficient (Wildman–Crippen LogP) is 1.51. The SMILES string of the molecule is Cc1ccc(C[C@@H](N)C(=O)O)cc1F.Cl. The number of nitrogens with two attached hydrogens (primary N) is 1. The van der Waals surface area contributed by atoms with Gasteiger partial charge in [-0.05, 0) is 30.5 Å². The highest BCUT2D eigenvalue weighted by molar-refractivity contribution is 5.85. The summed E-state index contributed by atoms with van der Waals surface area (Å²) in [5.74, 6) is -1.41. The van der Waals surface area contributed by atoms with Gasteiger partial charge in [0.2, 0.25) is 0 Å². The zero-order valence-corrected chi connectivity index (χ0v) is 9.05. The monoisotopic (exact) mass is 233 g/mol. The van der Waals surface area contributed by atoms with Crippen molar-refractivity contribution in [3.05, 3.63) is 35.1 Å². The molecule has 0 aliphatic heterocycles. The summed E-state index contributed by atoms with van der Waals surface area (Å²) >= 11 is 0. The summed E-state index contributed by atoms with van der Waals surface area (Å²) in [6, 6.07) is 3.63. The van der Waals surface area contributed by atoms with E-state index in [0.717, 1.165) is 0 Å². The van der Waals surface area contributed by atoms with Crippen LogP contribution < -0.4 is 5.73 Å². The van der Waals surface area contributed by atoms with Crippen molar-refractivity contribution in [3.8, 4) is 0 Å². The largest absolute Gasteiger partial charge is 0.480 e. The molecular formula is C10H13ClFNO2. The van der Waals surface area contributed by atoms with E-state index in [-0.39, 0.29) is 24.6 Å². The lowest BCUT2D eigenvalue weighted by atomic mass is 10.0. The molecule has 0 saturated carbocycles. The molecule has 0 radical (unpaired) electrons. The number of hydrogen-bond donors (Lipinski definition) is 2. The van der Waals surface area contributed by atoms with E-state index in [1.165, 1.54) is 6.07 Å².